The molecule has 1 aliphatic rings. The molecule has 0 unspecified atom stereocenters. The predicted molar refractivity (Wildman–Crippen MR) is 113 cm³/mol. The van der Waals surface area contributed by atoms with Crippen molar-refractivity contribution in [2.45, 2.75) is 24.7 Å². The zero-order chi connectivity index (χ0) is 19.6. The molecule has 0 spiro atoms. The lowest BCUT2D eigenvalue weighted by Crippen LogP contribution is -2.50. The van der Waals surface area contributed by atoms with Gasteiger partial charge in [0.15, 0.2) is 0 Å². The average Bonchev–Trinajstić information content (AvgIpc) is 2.67. The number of benzene rings is 2. The van der Waals surface area contributed by atoms with E-state index in [2.05, 4.69) is 13.8 Å². The fourth-order valence-electron chi connectivity index (χ4n) is 3.16. The van der Waals surface area contributed by atoms with Crippen LogP contribution >= 0.6 is 12.4 Å². The molecule has 6 nitrogen and oxygen atoms in total. The summed E-state index contributed by atoms with van der Waals surface area (Å²) in [5, 5.41) is 0. The number of sulfonamides is 1. The number of hydrogen-bond acceptors (Lipinski definition) is 4. The van der Waals surface area contributed by atoms with E-state index in [9.17, 15) is 13.2 Å². The van der Waals surface area contributed by atoms with Gasteiger partial charge in [-0.25, -0.2) is 8.42 Å². The number of amides is 1. The third-order valence-electron chi connectivity index (χ3n) is 4.84. The van der Waals surface area contributed by atoms with Crippen molar-refractivity contribution in [2.24, 2.45) is 0 Å². The van der Waals surface area contributed by atoms with E-state index in [-0.39, 0.29) is 31.4 Å². The molecule has 28 heavy (non-hydrogen) atoms. The van der Waals surface area contributed by atoms with Crippen LogP contribution in [0.1, 0.15) is 35.7 Å². The molecule has 3 rings (SSSR count). The molecule has 0 radical (unpaired) electrons. The van der Waals surface area contributed by atoms with Gasteiger partial charge < -0.3 is 10.6 Å². The van der Waals surface area contributed by atoms with Crippen molar-refractivity contribution in [3.8, 4) is 0 Å². The monoisotopic (exact) mass is 423 g/mol. The minimum Gasteiger partial charge on any atom is -0.399 e. The second-order valence-corrected chi connectivity index (χ2v) is 8.98. The summed E-state index contributed by atoms with van der Waals surface area (Å²) in [4.78, 5) is 14.5. The Morgan fingerprint density at radius 1 is 1.00 bits per heavy atom. The van der Waals surface area contributed by atoms with Crippen LogP contribution in [-0.4, -0.2) is 49.7 Å². The summed E-state index contributed by atoms with van der Waals surface area (Å²) < 4.78 is 27.2. The lowest BCUT2D eigenvalue weighted by molar-refractivity contribution is 0.0698. The van der Waals surface area contributed by atoms with Crippen molar-refractivity contribution in [2.75, 3.05) is 31.9 Å². The van der Waals surface area contributed by atoms with Gasteiger partial charge in [-0.05, 0) is 41.8 Å². The van der Waals surface area contributed by atoms with E-state index in [1.807, 2.05) is 12.1 Å². The normalized spacial score (nSPS) is 15.3. The Kier molecular flexibility index (Phi) is 7.09. The zero-order valence-electron chi connectivity index (χ0n) is 16.0. The van der Waals surface area contributed by atoms with Gasteiger partial charge in [0.1, 0.15) is 0 Å². The number of piperazine rings is 1. The first-order valence-corrected chi connectivity index (χ1v) is 10.5. The number of hydrogen-bond donors (Lipinski definition) is 1. The van der Waals surface area contributed by atoms with Crippen LogP contribution < -0.4 is 5.73 Å². The van der Waals surface area contributed by atoms with E-state index in [0.29, 0.717) is 35.2 Å². The van der Waals surface area contributed by atoms with Crippen molar-refractivity contribution >= 4 is 34.0 Å². The SMILES string of the molecule is CC(C)c1ccc(S(=O)(=O)N2CCN(C(=O)c3cccc(N)c3)CC2)cc1.Cl. The second-order valence-electron chi connectivity index (χ2n) is 7.05. The maximum absolute atomic E-state index is 12.9. The third kappa shape index (κ3) is 4.66. The molecule has 0 saturated carbocycles. The number of nitrogens with zero attached hydrogens (tertiary/aromatic N) is 2. The van der Waals surface area contributed by atoms with Crippen LogP contribution in [0.5, 0.6) is 0 Å². The molecule has 1 saturated heterocycles. The number of carbonyl (C=O) groups is 1. The second kappa shape index (κ2) is 8.94. The molecule has 0 aromatic heterocycles. The van der Waals surface area contributed by atoms with Gasteiger partial charge >= 0.3 is 0 Å². The van der Waals surface area contributed by atoms with Crippen molar-refractivity contribution < 1.29 is 13.2 Å². The van der Waals surface area contributed by atoms with Gasteiger partial charge in [0.05, 0.1) is 4.90 Å². The average molecular weight is 424 g/mol. The highest BCUT2D eigenvalue weighted by Gasteiger charge is 2.30. The molecule has 0 bridgehead atoms. The molecule has 1 amide bonds. The highest BCUT2D eigenvalue weighted by atomic mass is 35.5. The smallest absolute Gasteiger partial charge is 0.254 e. The molecular formula is C20H26ClN3O3S. The summed E-state index contributed by atoms with van der Waals surface area (Å²) in [7, 11) is -3.55. The van der Waals surface area contributed by atoms with E-state index in [0.717, 1.165) is 5.56 Å². The number of rotatable bonds is 4. The molecule has 2 aromatic rings. The lowest BCUT2D eigenvalue weighted by Gasteiger charge is -2.34. The van der Waals surface area contributed by atoms with Gasteiger partial charge in [-0.2, -0.15) is 4.31 Å². The highest BCUT2D eigenvalue weighted by molar-refractivity contribution is 7.89. The van der Waals surface area contributed by atoms with Crippen molar-refractivity contribution in [3.63, 3.8) is 0 Å². The zero-order valence-corrected chi connectivity index (χ0v) is 17.7. The van der Waals surface area contributed by atoms with E-state index in [4.69, 9.17) is 5.73 Å². The molecule has 2 aromatic carbocycles. The van der Waals surface area contributed by atoms with Crippen LogP contribution in [0.25, 0.3) is 0 Å². The summed E-state index contributed by atoms with van der Waals surface area (Å²) in [6.45, 7) is 5.42. The molecule has 8 heteroatoms. The summed E-state index contributed by atoms with van der Waals surface area (Å²) in [6.07, 6.45) is 0. The van der Waals surface area contributed by atoms with Gasteiger partial charge in [0, 0.05) is 37.4 Å². The van der Waals surface area contributed by atoms with Gasteiger partial charge in [0.25, 0.3) is 5.91 Å². The first-order chi connectivity index (χ1) is 12.8. The fraction of sp³-hybridized carbons (Fsp3) is 0.350. The maximum atomic E-state index is 12.9. The van der Waals surface area contributed by atoms with E-state index >= 15 is 0 Å². The number of nitrogens with two attached hydrogens (primary N) is 1. The lowest BCUT2D eigenvalue weighted by atomic mass is 10.0. The number of carbonyl (C=O) groups excluding carboxylic acids is 1. The molecule has 0 atom stereocenters. The third-order valence-corrected chi connectivity index (χ3v) is 6.76. The minimum atomic E-state index is -3.55. The van der Waals surface area contributed by atoms with Gasteiger partial charge in [0.2, 0.25) is 10.0 Å². The van der Waals surface area contributed by atoms with Gasteiger partial charge in [-0.15, -0.1) is 12.4 Å². The molecule has 1 aliphatic heterocycles. The van der Waals surface area contributed by atoms with Crippen molar-refractivity contribution in [1.29, 1.82) is 0 Å². The Balaban J connectivity index is 0.00000280. The van der Waals surface area contributed by atoms with Gasteiger partial charge in [-0.3, -0.25) is 4.79 Å². The van der Waals surface area contributed by atoms with Gasteiger partial charge in [-0.1, -0.05) is 32.0 Å². The van der Waals surface area contributed by atoms with E-state index in [1.54, 1.807) is 41.3 Å². The van der Waals surface area contributed by atoms with E-state index < -0.39 is 10.0 Å². The van der Waals surface area contributed by atoms with Crippen LogP contribution in [0.15, 0.2) is 53.4 Å². The molecule has 152 valence electrons. The highest BCUT2D eigenvalue weighted by Crippen LogP contribution is 2.22. The van der Waals surface area contributed by atoms with Crippen molar-refractivity contribution in [3.05, 3.63) is 59.7 Å². The Hall–Kier alpha value is -2.09. The van der Waals surface area contributed by atoms with E-state index in [1.165, 1.54) is 4.31 Å². The Morgan fingerprint density at radius 3 is 2.14 bits per heavy atom. The maximum Gasteiger partial charge on any atom is 0.254 e. The van der Waals surface area contributed by atoms with Crippen LogP contribution in [-0.2, 0) is 10.0 Å². The van der Waals surface area contributed by atoms with Crippen LogP contribution in [0.4, 0.5) is 5.69 Å². The number of anilines is 1. The topological polar surface area (TPSA) is 83.7 Å². The number of halogens is 1. The van der Waals surface area contributed by atoms with Crippen LogP contribution in [0, 0.1) is 0 Å². The molecule has 0 aliphatic carbocycles. The Bertz CT molecular complexity index is 922. The largest absolute Gasteiger partial charge is 0.399 e. The summed E-state index contributed by atoms with van der Waals surface area (Å²) in [5.41, 5.74) is 7.90. The first-order valence-electron chi connectivity index (χ1n) is 9.04. The standard InChI is InChI=1S/C20H25N3O3S.ClH/c1-15(2)16-6-8-19(9-7-16)27(25,26)23-12-10-22(11-13-23)20(24)17-4-3-5-18(21)14-17;/h3-9,14-15H,10-13,21H2,1-2H3;1H. The molecule has 2 N–H and O–H groups in total. The summed E-state index contributed by atoms with van der Waals surface area (Å²) in [5.74, 6) is 0.226. The fourth-order valence-corrected chi connectivity index (χ4v) is 4.58. The number of nitrogen functional groups attached to an aromatic ring is 1. The Morgan fingerprint density at radius 2 is 1.61 bits per heavy atom. The van der Waals surface area contributed by atoms with Crippen LogP contribution in [0.2, 0.25) is 0 Å². The predicted octanol–water partition coefficient (Wildman–Crippen LogP) is 2.96. The molecule has 1 fully saturated rings. The molecule has 1 heterocycles. The van der Waals surface area contributed by atoms with Crippen LogP contribution in [0.3, 0.4) is 0 Å². The van der Waals surface area contributed by atoms with Crippen molar-refractivity contribution in [1.82, 2.24) is 9.21 Å². The Labute approximate surface area is 172 Å². The summed E-state index contributed by atoms with van der Waals surface area (Å²) in [6, 6.07) is 13.9. The minimum absolute atomic E-state index is 0. The summed E-state index contributed by atoms with van der Waals surface area (Å²) >= 11 is 0. The first kappa shape index (κ1) is 22.2. The quantitative estimate of drug-likeness (QED) is 0.766. The molecular weight excluding hydrogens is 398 g/mol.